The van der Waals surface area contributed by atoms with Gasteiger partial charge in [0.05, 0.1) is 23.5 Å². The van der Waals surface area contributed by atoms with Crippen molar-refractivity contribution in [3.63, 3.8) is 0 Å². The number of epoxide rings is 1. The van der Waals surface area contributed by atoms with Crippen LogP contribution in [-0.4, -0.2) is 80.4 Å². The molecule has 258 valence electrons. The molecule has 12 unspecified atom stereocenters. The lowest BCUT2D eigenvalue weighted by Crippen LogP contribution is -2.76. The number of ether oxygens (including phenoxy) is 4. The van der Waals surface area contributed by atoms with Gasteiger partial charge in [-0.3, -0.25) is 19.2 Å². The maximum Gasteiger partial charge on any atom is 0.309 e. The Bertz CT molecular complexity index is 1340. The van der Waals surface area contributed by atoms with Gasteiger partial charge in [0.15, 0.2) is 23.1 Å². The molecule has 1 saturated heterocycles. The molecule has 4 rings (SSSR count). The van der Waals surface area contributed by atoms with Gasteiger partial charge >= 0.3 is 17.9 Å². The molecule has 4 aliphatic rings. The van der Waals surface area contributed by atoms with Gasteiger partial charge in [-0.25, -0.2) is 0 Å². The van der Waals surface area contributed by atoms with E-state index in [4.69, 9.17) is 18.9 Å². The molecule has 0 aromatic heterocycles. The van der Waals surface area contributed by atoms with Crippen molar-refractivity contribution in [1.82, 2.24) is 0 Å². The van der Waals surface area contributed by atoms with Crippen molar-refractivity contribution >= 4 is 29.5 Å². The number of aliphatic hydroxyl groups is 2. The highest BCUT2D eigenvalue weighted by molar-refractivity contribution is 6.05. The number of ketones is 2. The van der Waals surface area contributed by atoms with Crippen molar-refractivity contribution in [3.8, 4) is 0 Å². The quantitative estimate of drug-likeness (QED) is 0.202. The van der Waals surface area contributed by atoms with Crippen LogP contribution in [-0.2, 0) is 42.9 Å². The number of carbonyl (C=O) groups excluding carboxylic acids is 5. The zero-order chi connectivity index (χ0) is 34.9. The van der Waals surface area contributed by atoms with E-state index in [9.17, 15) is 34.2 Å². The van der Waals surface area contributed by atoms with E-state index in [1.54, 1.807) is 41.5 Å². The zero-order valence-electron chi connectivity index (χ0n) is 29.1. The Morgan fingerprint density at radius 3 is 2.07 bits per heavy atom. The second-order valence-electron chi connectivity index (χ2n) is 15.0. The summed E-state index contributed by atoms with van der Waals surface area (Å²) in [4.78, 5) is 65.9. The molecule has 3 fully saturated rings. The van der Waals surface area contributed by atoms with Crippen LogP contribution < -0.4 is 0 Å². The minimum atomic E-state index is -2.47. The Kier molecular flexibility index (Phi) is 9.29. The summed E-state index contributed by atoms with van der Waals surface area (Å²) in [6.45, 7) is 18.2. The van der Waals surface area contributed by atoms with Gasteiger partial charge in [0.1, 0.15) is 17.5 Å². The van der Waals surface area contributed by atoms with Gasteiger partial charge in [-0.05, 0) is 45.6 Å². The normalized spacial score (nSPS) is 41.8. The van der Waals surface area contributed by atoms with Gasteiger partial charge in [-0.15, -0.1) is 0 Å². The van der Waals surface area contributed by atoms with Crippen molar-refractivity contribution < 1.29 is 53.1 Å². The van der Waals surface area contributed by atoms with Crippen LogP contribution in [0, 0.1) is 35.0 Å². The largest absolute Gasteiger partial charge is 0.457 e. The molecule has 11 heteroatoms. The number of Topliss-reactive ketones (excluding diaryl/α,β-unsaturated/α-hetero) is 2. The Morgan fingerprint density at radius 1 is 0.978 bits per heavy atom. The molecule has 2 N–H and O–H groups in total. The van der Waals surface area contributed by atoms with Gasteiger partial charge in [-0.2, -0.15) is 0 Å². The van der Waals surface area contributed by atoms with Crippen LogP contribution in [0.15, 0.2) is 11.6 Å². The molecule has 0 radical (unpaired) electrons. The fourth-order valence-electron chi connectivity index (χ4n) is 8.52. The van der Waals surface area contributed by atoms with Crippen LogP contribution in [0.25, 0.3) is 0 Å². The minimum Gasteiger partial charge on any atom is -0.457 e. The topological polar surface area (TPSA) is 166 Å². The highest BCUT2D eigenvalue weighted by Gasteiger charge is 2.86. The third kappa shape index (κ3) is 4.98. The second kappa shape index (κ2) is 11.8. The summed E-state index contributed by atoms with van der Waals surface area (Å²) < 4.78 is 24.8. The number of hydrogen-bond donors (Lipinski definition) is 2. The molecule has 0 spiro atoms. The number of carbonyl (C=O) groups is 5. The first kappa shape index (κ1) is 36.2. The van der Waals surface area contributed by atoms with E-state index in [1.165, 1.54) is 19.9 Å². The molecule has 2 saturated carbocycles. The highest BCUT2D eigenvalue weighted by atomic mass is 16.7. The summed E-state index contributed by atoms with van der Waals surface area (Å²) in [5, 5.41) is 25.9. The van der Waals surface area contributed by atoms with Gasteiger partial charge in [0, 0.05) is 36.5 Å². The lowest BCUT2D eigenvalue weighted by Gasteiger charge is -2.64. The summed E-state index contributed by atoms with van der Waals surface area (Å²) >= 11 is 0. The van der Waals surface area contributed by atoms with Gasteiger partial charge < -0.3 is 34.0 Å². The summed E-state index contributed by atoms with van der Waals surface area (Å²) in [5.74, 6) is -7.06. The molecular weight excluding hydrogens is 596 g/mol. The third-order valence-electron chi connectivity index (χ3n) is 12.0. The molecule has 3 aliphatic carbocycles. The summed E-state index contributed by atoms with van der Waals surface area (Å²) in [5.41, 5.74) is -8.64. The van der Waals surface area contributed by atoms with Crippen molar-refractivity contribution in [1.29, 1.82) is 0 Å². The van der Waals surface area contributed by atoms with E-state index in [0.717, 1.165) is 6.92 Å². The summed E-state index contributed by atoms with van der Waals surface area (Å²) in [6.07, 6.45) is -1.25. The number of hydrogen-bond acceptors (Lipinski definition) is 11. The third-order valence-corrected chi connectivity index (χ3v) is 12.0. The molecule has 46 heavy (non-hydrogen) atoms. The molecule has 0 bridgehead atoms. The number of fused-ring (bicyclic) bond motifs is 5. The van der Waals surface area contributed by atoms with Crippen LogP contribution in [0.4, 0.5) is 0 Å². The average molecular weight is 649 g/mol. The molecule has 0 aromatic rings. The molecule has 12 atom stereocenters. The zero-order valence-corrected chi connectivity index (χ0v) is 29.1. The maximum atomic E-state index is 14.0. The Labute approximate surface area is 271 Å². The van der Waals surface area contributed by atoms with E-state index >= 15 is 0 Å². The van der Waals surface area contributed by atoms with Crippen LogP contribution in [0.5, 0.6) is 0 Å². The van der Waals surface area contributed by atoms with E-state index in [2.05, 4.69) is 0 Å². The SMILES string of the molecule is CCC(C)C(=O)OC1C(C)C2(O)C3C=C(C)C(=O)C3(O)C(OC(C)=O)C3(CCC(C)=O)OC3C2C(C)(C)C1(C)OC(=O)C(C)CC. The van der Waals surface area contributed by atoms with Gasteiger partial charge in [0.2, 0.25) is 0 Å². The molecule has 1 aliphatic heterocycles. The molecule has 0 aromatic carbocycles. The van der Waals surface area contributed by atoms with Crippen molar-refractivity contribution in [2.24, 2.45) is 35.0 Å². The molecule has 0 amide bonds. The van der Waals surface area contributed by atoms with E-state index in [0.29, 0.717) is 12.8 Å². The van der Waals surface area contributed by atoms with Crippen molar-refractivity contribution in [2.45, 2.75) is 143 Å². The smallest absolute Gasteiger partial charge is 0.309 e. The average Bonchev–Trinajstić information content (AvgIpc) is 3.64. The molecule has 1 heterocycles. The first-order valence-corrected chi connectivity index (χ1v) is 16.6. The fourth-order valence-corrected chi connectivity index (χ4v) is 8.52. The minimum absolute atomic E-state index is 0.000848. The van der Waals surface area contributed by atoms with Crippen LogP contribution in [0.1, 0.15) is 102 Å². The molecular formula is C35H52O11. The summed E-state index contributed by atoms with van der Waals surface area (Å²) in [7, 11) is 0. The number of rotatable bonds is 10. The van der Waals surface area contributed by atoms with Crippen molar-refractivity contribution in [2.75, 3.05) is 0 Å². The predicted molar refractivity (Wildman–Crippen MR) is 165 cm³/mol. The lowest BCUT2D eigenvalue weighted by molar-refractivity contribution is -0.305. The number of esters is 3. The van der Waals surface area contributed by atoms with E-state index < -0.39 is 99.4 Å². The second-order valence-corrected chi connectivity index (χ2v) is 15.0. The Hall–Kier alpha value is -2.63. The Morgan fingerprint density at radius 2 is 1.54 bits per heavy atom. The predicted octanol–water partition coefficient (Wildman–Crippen LogP) is 3.64. The van der Waals surface area contributed by atoms with Crippen LogP contribution in [0.3, 0.4) is 0 Å². The van der Waals surface area contributed by atoms with Crippen LogP contribution >= 0.6 is 0 Å². The van der Waals surface area contributed by atoms with E-state index in [1.807, 2.05) is 13.8 Å². The molecule has 11 nitrogen and oxygen atoms in total. The van der Waals surface area contributed by atoms with Crippen molar-refractivity contribution in [3.05, 3.63) is 11.6 Å². The van der Waals surface area contributed by atoms with Crippen LogP contribution in [0.2, 0.25) is 0 Å². The van der Waals surface area contributed by atoms with Gasteiger partial charge in [0.25, 0.3) is 0 Å². The fraction of sp³-hybridized carbons (Fsp3) is 0.800. The summed E-state index contributed by atoms with van der Waals surface area (Å²) in [6, 6.07) is 0. The van der Waals surface area contributed by atoms with Gasteiger partial charge in [-0.1, -0.05) is 54.5 Å². The standard InChI is InChI=1S/C35H52O11/c1-12-17(3)28(39)44-26-21(7)34(41)23-16-19(5)25(38)35(23,42)30(43-22(8)37)33(15-14-20(6)36)27(45-33)24(34)31(9,10)32(26,11)46-29(40)18(4)13-2/h16-18,21,23-24,26-27,30,41-42H,12-15H2,1-11H3. The monoisotopic (exact) mass is 648 g/mol. The maximum absolute atomic E-state index is 14.0. The van der Waals surface area contributed by atoms with E-state index in [-0.39, 0.29) is 24.2 Å². The lowest BCUT2D eigenvalue weighted by atomic mass is 9.46. The highest BCUT2D eigenvalue weighted by Crippen LogP contribution is 2.71. The Balaban J connectivity index is 2.04. The first-order valence-electron chi connectivity index (χ1n) is 16.6. The first-order chi connectivity index (χ1) is 21.1.